The number of aromatic amines is 1. The van der Waals surface area contributed by atoms with Crippen LogP contribution in [0.25, 0.3) is 0 Å². The van der Waals surface area contributed by atoms with Crippen LogP contribution in [0.4, 0.5) is 0 Å². The van der Waals surface area contributed by atoms with Crippen LogP contribution in [0.2, 0.25) is 0 Å². The number of aromatic nitrogens is 4. The van der Waals surface area contributed by atoms with Crippen LogP contribution < -0.4 is 5.73 Å². The first-order chi connectivity index (χ1) is 6.52. The lowest BCUT2D eigenvalue weighted by molar-refractivity contribution is 0.261. The first-order valence-corrected chi connectivity index (χ1v) is 5.78. The van der Waals surface area contributed by atoms with Gasteiger partial charge < -0.3 is 5.73 Å². The summed E-state index contributed by atoms with van der Waals surface area (Å²) in [6.07, 6.45) is 0.909. The van der Waals surface area contributed by atoms with Crippen LogP contribution in [0.3, 0.4) is 0 Å². The van der Waals surface area contributed by atoms with E-state index in [0.717, 1.165) is 17.9 Å². The van der Waals surface area contributed by atoms with Crippen molar-refractivity contribution in [1.29, 1.82) is 0 Å². The number of rotatable bonds is 1. The van der Waals surface area contributed by atoms with E-state index in [1.165, 1.54) is 0 Å². The van der Waals surface area contributed by atoms with Crippen molar-refractivity contribution in [2.24, 2.45) is 11.1 Å². The molecule has 1 aromatic rings. The number of nitrogens with one attached hydrogen (secondary N) is 1. The van der Waals surface area contributed by atoms with E-state index in [-0.39, 0.29) is 5.41 Å². The van der Waals surface area contributed by atoms with Gasteiger partial charge in [-0.15, -0.1) is 10.2 Å². The van der Waals surface area contributed by atoms with E-state index in [1.807, 2.05) is 11.8 Å². The summed E-state index contributed by atoms with van der Waals surface area (Å²) in [7, 11) is 0. The summed E-state index contributed by atoms with van der Waals surface area (Å²) in [6, 6.07) is 0. The van der Waals surface area contributed by atoms with E-state index >= 15 is 0 Å². The highest BCUT2D eigenvalue weighted by atomic mass is 32.2. The molecule has 0 aromatic carbocycles. The molecule has 0 saturated carbocycles. The maximum absolute atomic E-state index is 6.29. The van der Waals surface area contributed by atoms with Gasteiger partial charge in [0.1, 0.15) is 0 Å². The molecule has 1 aliphatic rings. The van der Waals surface area contributed by atoms with Crippen LogP contribution in [-0.4, -0.2) is 32.1 Å². The molecule has 1 fully saturated rings. The van der Waals surface area contributed by atoms with Crippen molar-refractivity contribution >= 4 is 11.8 Å². The van der Waals surface area contributed by atoms with E-state index in [9.17, 15) is 0 Å². The molecule has 2 heterocycles. The molecule has 5 nitrogen and oxygen atoms in total. The average molecular weight is 213 g/mol. The molecule has 2 rings (SSSR count). The Morgan fingerprint density at radius 3 is 2.79 bits per heavy atom. The lowest BCUT2D eigenvalue weighted by atomic mass is 9.80. The quantitative estimate of drug-likeness (QED) is 0.710. The Bertz CT molecular complexity index is 310. The fourth-order valence-electron chi connectivity index (χ4n) is 1.98. The fourth-order valence-corrected chi connectivity index (χ4v) is 3.33. The van der Waals surface area contributed by atoms with Crippen LogP contribution in [0.5, 0.6) is 0 Å². The number of tetrazole rings is 1. The van der Waals surface area contributed by atoms with Crippen molar-refractivity contribution in [3.05, 3.63) is 5.82 Å². The first-order valence-electron chi connectivity index (χ1n) is 4.62. The average Bonchev–Trinajstić information content (AvgIpc) is 2.52. The van der Waals surface area contributed by atoms with Gasteiger partial charge in [0, 0.05) is 5.75 Å². The van der Waals surface area contributed by atoms with Gasteiger partial charge in [-0.3, -0.25) is 0 Å². The number of nitrogens with zero attached hydrogens (tertiary/aromatic N) is 3. The molecule has 0 amide bonds. The van der Waals surface area contributed by atoms with Gasteiger partial charge in [-0.25, -0.2) is 0 Å². The van der Waals surface area contributed by atoms with Gasteiger partial charge in [-0.05, 0) is 17.6 Å². The minimum Gasteiger partial charge on any atom is -0.318 e. The molecular weight excluding hydrogens is 198 g/mol. The van der Waals surface area contributed by atoms with E-state index < -0.39 is 5.54 Å². The first kappa shape index (κ1) is 9.92. The summed E-state index contributed by atoms with van der Waals surface area (Å²) in [6.45, 7) is 4.45. The normalized spacial score (nSPS) is 31.6. The molecule has 1 saturated heterocycles. The Labute approximate surface area is 87.2 Å². The second-order valence-electron chi connectivity index (χ2n) is 4.73. The number of nitrogens with two attached hydrogens (primary N) is 1. The molecule has 0 spiro atoms. The number of hydrogen-bond acceptors (Lipinski definition) is 5. The van der Waals surface area contributed by atoms with Gasteiger partial charge >= 0.3 is 0 Å². The summed E-state index contributed by atoms with van der Waals surface area (Å²) in [5, 5.41) is 14.0. The zero-order chi connectivity index (χ0) is 10.2. The third-order valence-electron chi connectivity index (χ3n) is 2.44. The van der Waals surface area contributed by atoms with Crippen LogP contribution in [-0.2, 0) is 5.54 Å². The van der Waals surface area contributed by atoms with Crippen molar-refractivity contribution < 1.29 is 0 Å². The van der Waals surface area contributed by atoms with E-state index in [1.54, 1.807) is 0 Å². The minimum atomic E-state index is -0.417. The maximum Gasteiger partial charge on any atom is 0.195 e. The lowest BCUT2D eigenvalue weighted by Crippen LogP contribution is -2.48. The predicted octanol–water partition coefficient (Wildman–Crippen LogP) is 0.517. The highest BCUT2D eigenvalue weighted by molar-refractivity contribution is 7.99. The molecule has 0 bridgehead atoms. The molecule has 0 radical (unpaired) electrons. The molecule has 14 heavy (non-hydrogen) atoms. The summed E-state index contributed by atoms with van der Waals surface area (Å²) in [4.78, 5) is 0. The van der Waals surface area contributed by atoms with E-state index in [4.69, 9.17) is 5.73 Å². The Hall–Kier alpha value is -0.620. The zero-order valence-corrected chi connectivity index (χ0v) is 9.27. The monoisotopic (exact) mass is 213 g/mol. The van der Waals surface area contributed by atoms with Crippen LogP contribution in [0.15, 0.2) is 0 Å². The van der Waals surface area contributed by atoms with E-state index in [2.05, 4.69) is 34.5 Å². The summed E-state index contributed by atoms with van der Waals surface area (Å²) >= 11 is 1.86. The van der Waals surface area contributed by atoms with Crippen molar-refractivity contribution in [2.45, 2.75) is 25.8 Å². The second kappa shape index (κ2) is 3.20. The molecule has 3 N–H and O–H groups in total. The number of hydrogen-bond donors (Lipinski definition) is 2. The Kier molecular flexibility index (Phi) is 2.27. The molecule has 6 heteroatoms. The highest BCUT2D eigenvalue weighted by Gasteiger charge is 2.41. The van der Waals surface area contributed by atoms with Gasteiger partial charge in [0.2, 0.25) is 0 Å². The topological polar surface area (TPSA) is 80.5 Å². The van der Waals surface area contributed by atoms with Gasteiger partial charge in [-0.1, -0.05) is 19.1 Å². The largest absolute Gasteiger partial charge is 0.318 e. The van der Waals surface area contributed by atoms with E-state index in [0.29, 0.717) is 5.82 Å². The van der Waals surface area contributed by atoms with Gasteiger partial charge in [0.15, 0.2) is 5.82 Å². The minimum absolute atomic E-state index is 0.248. The van der Waals surface area contributed by atoms with Crippen LogP contribution in [0, 0.1) is 5.41 Å². The second-order valence-corrected chi connectivity index (χ2v) is 5.71. The molecule has 1 atom stereocenters. The molecule has 1 aromatic heterocycles. The Morgan fingerprint density at radius 1 is 1.43 bits per heavy atom. The molecular formula is C8H15N5S. The third kappa shape index (κ3) is 1.76. The Balaban J connectivity index is 2.24. The number of H-pyrrole nitrogens is 1. The standard InChI is InChI=1S/C8H15N5S/c1-7(2)3-8(9,5-14-4-7)6-10-12-13-11-6/h3-5,9H2,1-2H3,(H,10,11,12,13). The van der Waals surface area contributed by atoms with Crippen molar-refractivity contribution in [1.82, 2.24) is 20.6 Å². The van der Waals surface area contributed by atoms with Gasteiger partial charge in [-0.2, -0.15) is 17.0 Å². The maximum atomic E-state index is 6.29. The predicted molar refractivity (Wildman–Crippen MR) is 55.8 cm³/mol. The zero-order valence-electron chi connectivity index (χ0n) is 8.45. The lowest BCUT2D eigenvalue weighted by Gasteiger charge is -2.39. The Morgan fingerprint density at radius 2 is 2.21 bits per heavy atom. The molecule has 1 aliphatic heterocycles. The van der Waals surface area contributed by atoms with Crippen molar-refractivity contribution in [3.8, 4) is 0 Å². The van der Waals surface area contributed by atoms with Crippen molar-refractivity contribution in [3.63, 3.8) is 0 Å². The molecule has 0 aliphatic carbocycles. The summed E-state index contributed by atoms with van der Waals surface area (Å²) in [5.74, 6) is 2.65. The van der Waals surface area contributed by atoms with Crippen LogP contribution in [0.1, 0.15) is 26.1 Å². The van der Waals surface area contributed by atoms with Gasteiger partial charge in [0.25, 0.3) is 0 Å². The summed E-state index contributed by atoms with van der Waals surface area (Å²) in [5.41, 5.74) is 6.13. The van der Waals surface area contributed by atoms with Crippen molar-refractivity contribution in [2.75, 3.05) is 11.5 Å². The molecule has 1 unspecified atom stereocenters. The highest BCUT2D eigenvalue weighted by Crippen LogP contribution is 2.41. The van der Waals surface area contributed by atoms with Gasteiger partial charge in [0.05, 0.1) is 5.54 Å². The molecule has 78 valence electrons. The SMILES string of the molecule is CC1(C)CSCC(N)(c2nn[nH]n2)C1. The van der Waals surface area contributed by atoms with Crippen LogP contribution >= 0.6 is 11.8 Å². The smallest absolute Gasteiger partial charge is 0.195 e. The third-order valence-corrected chi connectivity index (χ3v) is 4.14. The summed E-state index contributed by atoms with van der Waals surface area (Å²) < 4.78 is 0. The number of thioether (sulfide) groups is 1. The fraction of sp³-hybridized carbons (Fsp3) is 0.875.